The summed E-state index contributed by atoms with van der Waals surface area (Å²) in [5, 5.41) is 12.7. The molecule has 7 heteroatoms. The van der Waals surface area contributed by atoms with Crippen molar-refractivity contribution in [2.45, 2.75) is 51.1 Å². The van der Waals surface area contributed by atoms with E-state index in [-0.39, 0.29) is 55.9 Å². The van der Waals surface area contributed by atoms with Crippen LogP contribution >= 0.6 is 0 Å². The predicted octanol–water partition coefficient (Wildman–Crippen LogP) is 4.00. The number of esters is 1. The van der Waals surface area contributed by atoms with Crippen LogP contribution in [0.4, 0.5) is 0 Å². The second kappa shape index (κ2) is 15.6. The van der Waals surface area contributed by atoms with Gasteiger partial charge in [-0.25, -0.2) is 0 Å². The van der Waals surface area contributed by atoms with E-state index in [1.807, 2.05) is 54.6 Å². The molecule has 2 amide bonds. The number of amides is 2. The molecule has 1 heterocycles. The highest BCUT2D eigenvalue weighted by molar-refractivity contribution is 5.86. The van der Waals surface area contributed by atoms with Gasteiger partial charge in [-0.1, -0.05) is 66.7 Å². The summed E-state index contributed by atoms with van der Waals surface area (Å²) in [7, 11) is 0. The topological polar surface area (TPSA) is 95.9 Å². The molecule has 0 fully saturated rings. The molecule has 1 aliphatic heterocycles. The molecular formula is C32H40N2O5. The molecule has 2 aromatic rings. The van der Waals surface area contributed by atoms with Gasteiger partial charge < -0.3 is 20.1 Å². The number of rotatable bonds is 15. The monoisotopic (exact) mass is 532 g/mol. The first-order valence-electron chi connectivity index (χ1n) is 13.6. The number of fused-ring (bicyclic) bond motifs is 1. The Bertz CT molecular complexity index is 1120. The van der Waals surface area contributed by atoms with E-state index in [2.05, 4.69) is 18.5 Å². The predicted molar refractivity (Wildman–Crippen MR) is 152 cm³/mol. The Morgan fingerprint density at radius 2 is 1.74 bits per heavy atom. The average molecular weight is 533 g/mol. The second-order valence-corrected chi connectivity index (χ2v) is 9.97. The van der Waals surface area contributed by atoms with Gasteiger partial charge in [0.15, 0.2) is 0 Å². The second-order valence-electron chi connectivity index (χ2n) is 9.97. The summed E-state index contributed by atoms with van der Waals surface area (Å²) in [5.74, 6) is -1.65. The number of nitrogens with one attached hydrogen (secondary N) is 1. The zero-order chi connectivity index (χ0) is 28.0. The smallest absolute Gasteiger partial charge is 0.309 e. The van der Waals surface area contributed by atoms with E-state index in [4.69, 9.17) is 4.74 Å². The van der Waals surface area contributed by atoms with Gasteiger partial charge in [0.25, 0.3) is 0 Å². The minimum Gasteiger partial charge on any atom is -0.464 e. The number of allylic oxidation sites excluding steroid dienone is 2. The van der Waals surface area contributed by atoms with E-state index < -0.39 is 5.92 Å². The number of ether oxygens (including phenoxy) is 1. The minimum atomic E-state index is -0.597. The lowest BCUT2D eigenvalue weighted by molar-refractivity contribution is -0.149. The van der Waals surface area contributed by atoms with Gasteiger partial charge in [0.1, 0.15) is 6.61 Å². The van der Waals surface area contributed by atoms with Gasteiger partial charge in [-0.15, -0.1) is 13.2 Å². The molecule has 39 heavy (non-hydrogen) atoms. The van der Waals surface area contributed by atoms with Crippen molar-refractivity contribution in [2.24, 2.45) is 11.8 Å². The molecule has 7 nitrogen and oxygen atoms in total. The molecule has 208 valence electrons. The highest BCUT2D eigenvalue weighted by atomic mass is 16.5. The lowest BCUT2D eigenvalue weighted by Crippen LogP contribution is -2.47. The third-order valence-electron chi connectivity index (χ3n) is 7.15. The Kier molecular flexibility index (Phi) is 12.0. The van der Waals surface area contributed by atoms with Gasteiger partial charge in [0, 0.05) is 13.0 Å². The Morgan fingerprint density at radius 3 is 2.44 bits per heavy atom. The van der Waals surface area contributed by atoms with Crippen LogP contribution < -0.4 is 5.32 Å². The fourth-order valence-corrected chi connectivity index (χ4v) is 4.96. The van der Waals surface area contributed by atoms with Crippen molar-refractivity contribution in [1.29, 1.82) is 0 Å². The summed E-state index contributed by atoms with van der Waals surface area (Å²) < 4.78 is 5.49. The molecule has 0 saturated carbocycles. The van der Waals surface area contributed by atoms with Crippen LogP contribution in [0.5, 0.6) is 0 Å². The number of nitrogens with zero attached hydrogens (tertiary/aromatic N) is 1. The third-order valence-corrected chi connectivity index (χ3v) is 7.15. The van der Waals surface area contributed by atoms with E-state index in [1.165, 1.54) is 0 Å². The first-order chi connectivity index (χ1) is 19.0. The molecule has 0 aromatic heterocycles. The minimum absolute atomic E-state index is 0.0109. The molecule has 0 bridgehead atoms. The van der Waals surface area contributed by atoms with Crippen molar-refractivity contribution in [3.05, 3.63) is 96.6 Å². The van der Waals surface area contributed by atoms with Crippen molar-refractivity contribution in [2.75, 3.05) is 19.8 Å². The van der Waals surface area contributed by atoms with Crippen molar-refractivity contribution >= 4 is 17.8 Å². The maximum atomic E-state index is 13.2. The van der Waals surface area contributed by atoms with Crippen LogP contribution in [0.1, 0.15) is 42.4 Å². The summed E-state index contributed by atoms with van der Waals surface area (Å²) in [6.45, 7) is 7.97. The molecule has 0 saturated heterocycles. The van der Waals surface area contributed by atoms with Crippen LogP contribution in [0.25, 0.3) is 0 Å². The van der Waals surface area contributed by atoms with Crippen LogP contribution in [0.15, 0.2) is 79.9 Å². The molecule has 3 rings (SSSR count). The van der Waals surface area contributed by atoms with Gasteiger partial charge >= 0.3 is 5.97 Å². The maximum Gasteiger partial charge on any atom is 0.309 e. The number of hydrogen-bond acceptors (Lipinski definition) is 5. The summed E-state index contributed by atoms with van der Waals surface area (Å²) in [6.07, 6.45) is 6.28. The highest BCUT2D eigenvalue weighted by Gasteiger charge is 2.31. The number of hydrogen-bond donors (Lipinski definition) is 2. The van der Waals surface area contributed by atoms with Crippen LogP contribution in [0.2, 0.25) is 0 Å². The van der Waals surface area contributed by atoms with E-state index in [9.17, 15) is 19.5 Å². The van der Waals surface area contributed by atoms with E-state index in [0.717, 1.165) is 16.7 Å². The van der Waals surface area contributed by atoms with Crippen LogP contribution in [-0.4, -0.2) is 53.6 Å². The summed E-state index contributed by atoms with van der Waals surface area (Å²) in [6, 6.07) is 17.4. The quantitative estimate of drug-likeness (QED) is 0.205. The van der Waals surface area contributed by atoms with Gasteiger partial charge in [-0.05, 0) is 48.8 Å². The zero-order valence-corrected chi connectivity index (χ0v) is 22.6. The largest absolute Gasteiger partial charge is 0.464 e. The Labute approximate surface area is 231 Å². The fourth-order valence-electron chi connectivity index (χ4n) is 4.96. The lowest BCUT2D eigenvalue weighted by Gasteiger charge is -2.36. The number of aliphatic hydroxyl groups excluding tert-OH is 1. The molecular weight excluding hydrogens is 492 g/mol. The SMILES string of the molecule is C=CCC[C@H](Cc1ccccc1)C(=O)OCCNC(=O)[C@@H](CC=C)CC(=O)N1Cc2ccccc2C[C@H]1CO. The Morgan fingerprint density at radius 1 is 1.03 bits per heavy atom. The Balaban J connectivity index is 1.50. The van der Waals surface area contributed by atoms with E-state index in [0.29, 0.717) is 38.6 Å². The Hall–Kier alpha value is -3.71. The third kappa shape index (κ3) is 8.93. The molecule has 0 aliphatic carbocycles. The van der Waals surface area contributed by atoms with Crippen molar-refractivity contribution < 1.29 is 24.2 Å². The normalized spacial score (nSPS) is 15.9. The molecule has 3 atom stereocenters. The van der Waals surface area contributed by atoms with Crippen LogP contribution in [0.3, 0.4) is 0 Å². The average Bonchev–Trinajstić information content (AvgIpc) is 2.96. The summed E-state index contributed by atoms with van der Waals surface area (Å²) >= 11 is 0. The molecule has 0 unspecified atom stereocenters. The first-order valence-corrected chi connectivity index (χ1v) is 13.6. The number of carbonyl (C=O) groups is 3. The number of aliphatic hydroxyl groups is 1. The van der Waals surface area contributed by atoms with Gasteiger partial charge in [0.05, 0.1) is 31.0 Å². The summed E-state index contributed by atoms with van der Waals surface area (Å²) in [4.78, 5) is 40.6. The zero-order valence-electron chi connectivity index (χ0n) is 22.6. The fraction of sp³-hybridized carbons (Fsp3) is 0.406. The van der Waals surface area contributed by atoms with Gasteiger partial charge in [-0.2, -0.15) is 0 Å². The van der Waals surface area contributed by atoms with Crippen molar-refractivity contribution in [1.82, 2.24) is 10.2 Å². The molecule has 2 N–H and O–H groups in total. The lowest BCUT2D eigenvalue weighted by atomic mass is 9.92. The number of carbonyl (C=O) groups excluding carboxylic acids is 3. The van der Waals surface area contributed by atoms with Crippen LogP contribution in [-0.2, 0) is 38.5 Å². The van der Waals surface area contributed by atoms with E-state index in [1.54, 1.807) is 17.1 Å². The van der Waals surface area contributed by atoms with Gasteiger partial charge in [-0.3, -0.25) is 14.4 Å². The van der Waals surface area contributed by atoms with E-state index >= 15 is 0 Å². The molecule has 0 spiro atoms. The first kappa shape index (κ1) is 29.8. The standard InChI is InChI=1S/C32H40N2O5/c1-3-5-14-27(19-24-12-7-6-8-13-24)32(38)39-18-17-33-31(37)26(11-4-2)21-30(36)34-22-28-16-10-9-15-25(28)20-29(34)23-35/h3-4,6-10,12-13,15-16,26-27,29,35H,1-2,5,11,14,17-23H2,(H,33,37)/t26-,27+,29-/m0/s1. The molecule has 0 radical (unpaired) electrons. The molecule has 1 aliphatic rings. The van der Waals surface area contributed by atoms with Crippen molar-refractivity contribution in [3.63, 3.8) is 0 Å². The summed E-state index contributed by atoms with van der Waals surface area (Å²) in [5.41, 5.74) is 3.25. The maximum absolute atomic E-state index is 13.2. The highest BCUT2D eigenvalue weighted by Crippen LogP contribution is 2.25. The van der Waals surface area contributed by atoms with Crippen LogP contribution in [0, 0.1) is 11.8 Å². The molecule has 2 aromatic carbocycles. The van der Waals surface area contributed by atoms with Crippen molar-refractivity contribution in [3.8, 4) is 0 Å². The number of benzene rings is 2. The van der Waals surface area contributed by atoms with Gasteiger partial charge in [0.2, 0.25) is 11.8 Å².